The summed E-state index contributed by atoms with van der Waals surface area (Å²) >= 11 is 0. The van der Waals surface area contributed by atoms with Gasteiger partial charge in [0.15, 0.2) is 0 Å². The smallest absolute Gasteiger partial charge is 0.0499 e. The maximum Gasteiger partial charge on any atom is 0.0499 e. The Hall–Kier alpha value is -0.0800. The summed E-state index contributed by atoms with van der Waals surface area (Å²) in [5.41, 5.74) is 0. The molecule has 0 aromatic heterocycles. The van der Waals surface area contributed by atoms with Crippen LogP contribution in [0.25, 0.3) is 0 Å². The van der Waals surface area contributed by atoms with Crippen LogP contribution in [0.15, 0.2) is 0 Å². The van der Waals surface area contributed by atoms with E-state index in [4.69, 9.17) is 4.74 Å². The Bertz CT molecular complexity index is 183. The first-order valence-corrected chi connectivity index (χ1v) is 6.02. The van der Waals surface area contributed by atoms with Crippen LogP contribution in [0.2, 0.25) is 0 Å². The topological polar surface area (TPSA) is 21.3 Å². The van der Waals surface area contributed by atoms with Crippen molar-refractivity contribution >= 4 is 0 Å². The van der Waals surface area contributed by atoms with Gasteiger partial charge in [-0.3, -0.25) is 0 Å². The SMILES string of the molecule is COCC(C)CNC1CC2CCC1C2. The third-order valence-electron chi connectivity index (χ3n) is 3.92. The molecule has 4 unspecified atom stereocenters. The fourth-order valence-corrected chi connectivity index (χ4v) is 3.19. The fraction of sp³-hybridized carbons (Fsp3) is 1.00. The molecule has 0 heterocycles. The molecule has 0 spiro atoms. The maximum atomic E-state index is 5.14. The molecule has 1 N–H and O–H groups in total. The Kier molecular flexibility index (Phi) is 3.45. The highest BCUT2D eigenvalue weighted by Crippen LogP contribution is 2.44. The van der Waals surface area contributed by atoms with Crippen LogP contribution in [0, 0.1) is 17.8 Å². The van der Waals surface area contributed by atoms with Crippen molar-refractivity contribution < 1.29 is 4.74 Å². The highest BCUT2D eigenvalue weighted by atomic mass is 16.5. The average Bonchev–Trinajstić information content (AvgIpc) is 2.76. The van der Waals surface area contributed by atoms with Crippen molar-refractivity contribution in [1.29, 1.82) is 0 Å². The molecule has 4 atom stereocenters. The molecule has 2 heteroatoms. The molecule has 82 valence electrons. The number of nitrogens with one attached hydrogen (secondary N) is 1. The summed E-state index contributed by atoms with van der Waals surface area (Å²) < 4.78 is 5.14. The van der Waals surface area contributed by atoms with Gasteiger partial charge in [0.1, 0.15) is 0 Å². The number of fused-ring (bicyclic) bond motifs is 2. The molecule has 0 amide bonds. The number of hydrogen-bond donors (Lipinski definition) is 1. The summed E-state index contributed by atoms with van der Waals surface area (Å²) in [5.74, 6) is 2.70. The molecule has 2 aliphatic rings. The molecular weight excluding hydrogens is 174 g/mol. The van der Waals surface area contributed by atoms with E-state index in [2.05, 4.69) is 12.2 Å². The Balaban J connectivity index is 1.66. The third kappa shape index (κ3) is 2.29. The van der Waals surface area contributed by atoms with Crippen LogP contribution >= 0.6 is 0 Å². The molecule has 14 heavy (non-hydrogen) atoms. The van der Waals surface area contributed by atoms with Crippen LogP contribution in [-0.4, -0.2) is 26.3 Å². The summed E-state index contributed by atoms with van der Waals surface area (Å²) in [4.78, 5) is 0. The summed E-state index contributed by atoms with van der Waals surface area (Å²) in [6.45, 7) is 4.26. The van der Waals surface area contributed by atoms with Crippen LogP contribution in [-0.2, 0) is 4.74 Å². The van der Waals surface area contributed by atoms with Crippen molar-refractivity contribution in [2.45, 2.75) is 38.6 Å². The highest BCUT2D eigenvalue weighted by Gasteiger charge is 2.38. The number of methoxy groups -OCH3 is 1. The van der Waals surface area contributed by atoms with Crippen molar-refractivity contribution in [2.75, 3.05) is 20.3 Å². The average molecular weight is 197 g/mol. The van der Waals surface area contributed by atoms with E-state index in [0.717, 1.165) is 31.0 Å². The summed E-state index contributed by atoms with van der Waals surface area (Å²) in [7, 11) is 1.79. The minimum absolute atomic E-state index is 0.652. The first kappa shape index (κ1) is 10.4. The van der Waals surface area contributed by atoms with Crippen molar-refractivity contribution in [2.24, 2.45) is 17.8 Å². The first-order chi connectivity index (χ1) is 6.79. The van der Waals surface area contributed by atoms with Crippen molar-refractivity contribution in [3.63, 3.8) is 0 Å². The van der Waals surface area contributed by atoms with Gasteiger partial charge in [0, 0.05) is 26.3 Å². The zero-order chi connectivity index (χ0) is 9.97. The second-order valence-electron chi connectivity index (χ2n) is 5.25. The van der Waals surface area contributed by atoms with Gasteiger partial charge in [0.25, 0.3) is 0 Å². The Morgan fingerprint density at radius 3 is 2.79 bits per heavy atom. The number of hydrogen-bond acceptors (Lipinski definition) is 2. The molecule has 0 aromatic rings. The van der Waals surface area contributed by atoms with Crippen molar-refractivity contribution in [1.82, 2.24) is 5.32 Å². The fourth-order valence-electron chi connectivity index (χ4n) is 3.19. The van der Waals surface area contributed by atoms with Crippen LogP contribution in [0.5, 0.6) is 0 Å². The van der Waals surface area contributed by atoms with Crippen molar-refractivity contribution in [3.05, 3.63) is 0 Å². The Morgan fingerprint density at radius 1 is 1.36 bits per heavy atom. The van der Waals surface area contributed by atoms with E-state index in [9.17, 15) is 0 Å². The van der Waals surface area contributed by atoms with E-state index in [-0.39, 0.29) is 0 Å². The molecule has 0 aliphatic heterocycles. The highest BCUT2D eigenvalue weighted by molar-refractivity contribution is 4.94. The second-order valence-corrected chi connectivity index (χ2v) is 5.25. The molecule has 2 saturated carbocycles. The lowest BCUT2D eigenvalue weighted by atomic mass is 9.95. The number of ether oxygens (including phenoxy) is 1. The van der Waals surface area contributed by atoms with Crippen LogP contribution < -0.4 is 5.32 Å². The first-order valence-electron chi connectivity index (χ1n) is 6.02. The zero-order valence-corrected chi connectivity index (χ0v) is 9.46. The van der Waals surface area contributed by atoms with E-state index in [0.29, 0.717) is 5.92 Å². The Morgan fingerprint density at radius 2 is 2.21 bits per heavy atom. The normalized spacial score (nSPS) is 37.7. The van der Waals surface area contributed by atoms with Gasteiger partial charge >= 0.3 is 0 Å². The van der Waals surface area contributed by atoms with Gasteiger partial charge in [-0.15, -0.1) is 0 Å². The minimum Gasteiger partial charge on any atom is -0.384 e. The van der Waals surface area contributed by atoms with Gasteiger partial charge in [-0.1, -0.05) is 13.3 Å². The summed E-state index contributed by atoms with van der Waals surface area (Å²) in [5, 5.41) is 3.72. The predicted molar refractivity (Wildman–Crippen MR) is 58.3 cm³/mol. The molecule has 2 nitrogen and oxygen atoms in total. The Labute approximate surface area is 87.4 Å². The predicted octanol–water partition coefficient (Wildman–Crippen LogP) is 2.05. The van der Waals surface area contributed by atoms with Gasteiger partial charge in [0.2, 0.25) is 0 Å². The zero-order valence-electron chi connectivity index (χ0n) is 9.46. The molecule has 2 bridgehead atoms. The molecule has 0 radical (unpaired) electrons. The summed E-state index contributed by atoms with van der Waals surface area (Å²) in [6.07, 6.45) is 5.90. The molecule has 2 rings (SSSR count). The van der Waals surface area contributed by atoms with Gasteiger partial charge in [0.05, 0.1) is 0 Å². The molecular formula is C12H23NO. The summed E-state index contributed by atoms with van der Waals surface area (Å²) in [6, 6.07) is 0.827. The van der Waals surface area contributed by atoms with Gasteiger partial charge in [-0.2, -0.15) is 0 Å². The van der Waals surface area contributed by atoms with Gasteiger partial charge in [-0.25, -0.2) is 0 Å². The van der Waals surface area contributed by atoms with E-state index in [1.54, 1.807) is 7.11 Å². The maximum absolute atomic E-state index is 5.14. The largest absolute Gasteiger partial charge is 0.384 e. The van der Waals surface area contributed by atoms with Crippen LogP contribution in [0.4, 0.5) is 0 Å². The van der Waals surface area contributed by atoms with Crippen molar-refractivity contribution in [3.8, 4) is 0 Å². The van der Waals surface area contributed by atoms with E-state index in [1.165, 1.54) is 25.7 Å². The lowest BCUT2D eigenvalue weighted by molar-refractivity contribution is 0.154. The number of rotatable bonds is 5. The minimum atomic E-state index is 0.652. The molecule has 2 fully saturated rings. The molecule has 0 saturated heterocycles. The lowest BCUT2D eigenvalue weighted by Crippen LogP contribution is -2.37. The molecule has 0 aromatic carbocycles. The van der Waals surface area contributed by atoms with E-state index >= 15 is 0 Å². The van der Waals surface area contributed by atoms with E-state index in [1.807, 2.05) is 0 Å². The lowest BCUT2D eigenvalue weighted by Gasteiger charge is -2.24. The molecule has 2 aliphatic carbocycles. The monoisotopic (exact) mass is 197 g/mol. The van der Waals surface area contributed by atoms with Gasteiger partial charge in [-0.05, 0) is 37.0 Å². The van der Waals surface area contributed by atoms with Gasteiger partial charge < -0.3 is 10.1 Å². The standard InChI is InChI=1S/C12H23NO/c1-9(8-14-2)7-13-12-6-10-3-4-11(12)5-10/h9-13H,3-8H2,1-2H3. The second kappa shape index (κ2) is 4.63. The van der Waals surface area contributed by atoms with Crippen LogP contribution in [0.3, 0.4) is 0 Å². The van der Waals surface area contributed by atoms with E-state index < -0.39 is 0 Å². The quantitative estimate of drug-likeness (QED) is 0.728. The third-order valence-corrected chi connectivity index (χ3v) is 3.92. The van der Waals surface area contributed by atoms with Crippen LogP contribution in [0.1, 0.15) is 32.6 Å².